The number of piperidine rings is 1. The molecule has 2 aliphatic rings. The van der Waals surface area contributed by atoms with Gasteiger partial charge in [-0.2, -0.15) is 0 Å². The lowest BCUT2D eigenvalue weighted by Gasteiger charge is -2.40. The summed E-state index contributed by atoms with van der Waals surface area (Å²) in [7, 11) is 0. The van der Waals surface area contributed by atoms with Crippen LogP contribution in [0, 0.1) is 11.7 Å². The van der Waals surface area contributed by atoms with E-state index in [1.165, 1.54) is 6.07 Å². The Morgan fingerprint density at radius 1 is 1.33 bits per heavy atom. The fraction of sp³-hybridized carbons (Fsp3) is 0.619. The molecule has 2 N–H and O–H groups in total. The highest BCUT2D eigenvalue weighted by atomic mass is 19.1. The minimum absolute atomic E-state index is 0.0462. The highest BCUT2D eigenvalue weighted by molar-refractivity contribution is 5.85. The maximum Gasteiger partial charge on any atom is 0.225 e. The molecule has 0 bridgehead atoms. The van der Waals surface area contributed by atoms with Crippen LogP contribution in [0.4, 0.5) is 4.39 Å². The summed E-state index contributed by atoms with van der Waals surface area (Å²) < 4.78 is 14.5. The maximum atomic E-state index is 14.5. The van der Waals surface area contributed by atoms with Crippen molar-refractivity contribution in [3.8, 4) is 0 Å². The van der Waals surface area contributed by atoms with Crippen LogP contribution in [-0.2, 0) is 9.59 Å². The van der Waals surface area contributed by atoms with Gasteiger partial charge in [-0.1, -0.05) is 31.0 Å². The number of hydrogen-bond acceptors (Lipinski definition) is 3. The van der Waals surface area contributed by atoms with E-state index in [2.05, 4.69) is 5.32 Å². The van der Waals surface area contributed by atoms with E-state index in [1.54, 1.807) is 23.1 Å². The third kappa shape index (κ3) is 4.32. The lowest BCUT2D eigenvalue weighted by molar-refractivity contribution is -0.143. The third-order valence-corrected chi connectivity index (χ3v) is 6.03. The highest BCUT2D eigenvalue weighted by Crippen LogP contribution is 2.38. The molecule has 2 amide bonds. The smallest absolute Gasteiger partial charge is 0.225 e. The Hall–Kier alpha value is -1.95. The van der Waals surface area contributed by atoms with Gasteiger partial charge in [0.15, 0.2) is 0 Å². The quantitative estimate of drug-likeness (QED) is 0.802. The monoisotopic (exact) mass is 376 g/mol. The molecule has 1 aliphatic carbocycles. The summed E-state index contributed by atoms with van der Waals surface area (Å²) in [6.45, 7) is 2.68. The van der Waals surface area contributed by atoms with Gasteiger partial charge >= 0.3 is 0 Å². The van der Waals surface area contributed by atoms with Crippen LogP contribution in [-0.4, -0.2) is 40.5 Å². The number of rotatable bonds is 6. The lowest BCUT2D eigenvalue weighted by atomic mass is 9.83. The van der Waals surface area contributed by atoms with Gasteiger partial charge < -0.3 is 15.3 Å². The Labute approximate surface area is 159 Å². The first-order chi connectivity index (χ1) is 12.9. The number of amides is 2. The van der Waals surface area contributed by atoms with Crippen LogP contribution in [0.25, 0.3) is 0 Å². The Balaban J connectivity index is 1.73. The molecule has 0 spiro atoms. The van der Waals surface area contributed by atoms with Crippen molar-refractivity contribution in [2.75, 3.05) is 13.1 Å². The van der Waals surface area contributed by atoms with E-state index in [0.717, 1.165) is 25.7 Å². The summed E-state index contributed by atoms with van der Waals surface area (Å²) in [5, 5.41) is 13.4. The molecule has 1 saturated heterocycles. The second kappa shape index (κ2) is 8.38. The molecule has 1 aromatic rings. The Kier molecular flexibility index (Phi) is 6.15. The topological polar surface area (TPSA) is 69.6 Å². The van der Waals surface area contributed by atoms with Gasteiger partial charge in [-0.25, -0.2) is 4.39 Å². The zero-order valence-electron chi connectivity index (χ0n) is 15.9. The van der Waals surface area contributed by atoms with Crippen molar-refractivity contribution in [1.29, 1.82) is 0 Å². The highest BCUT2D eigenvalue weighted by Gasteiger charge is 2.41. The molecule has 27 heavy (non-hydrogen) atoms. The second-order valence-electron chi connectivity index (χ2n) is 7.76. The molecule has 0 unspecified atom stereocenters. The predicted octanol–water partition coefficient (Wildman–Crippen LogP) is 2.94. The minimum Gasteiger partial charge on any atom is -0.390 e. The number of benzene rings is 1. The molecule has 5 nitrogen and oxygen atoms in total. The molecule has 1 saturated carbocycles. The second-order valence-corrected chi connectivity index (χ2v) is 7.76. The van der Waals surface area contributed by atoms with Crippen molar-refractivity contribution in [3.05, 3.63) is 35.6 Å². The van der Waals surface area contributed by atoms with Gasteiger partial charge in [0.05, 0.1) is 17.6 Å². The third-order valence-electron chi connectivity index (χ3n) is 6.03. The zero-order valence-corrected chi connectivity index (χ0v) is 15.9. The van der Waals surface area contributed by atoms with E-state index < -0.39 is 23.4 Å². The predicted molar refractivity (Wildman–Crippen MR) is 100 cm³/mol. The largest absolute Gasteiger partial charge is 0.390 e. The molecule has 0 radical (unpaired) electrons. The number of hydrogen-bond donors (Lipinski definition) is 2. The van der Waals surface area contributed by atoms with Crippen LogP contribution in [0.1, 0.15) is 63.5 Å². The molecule has 148 valence electrons. The van der Waals surface area contributed by atoms with Crippen molar-refractivity contribution in [2.45, 2.75) is 63.5 Å². The minimum atomic E-state index is -0.670. The van der Waals surface area contributed by atoms with E-state index in [9.17, 15) is 19.1 Å². The molecule has 2 atom stereocenters. The van der Waals surface area contributed by atoms with Crippen molar-refractivity contribution >= 4 is 11.8 Å². The van der Waals surface area contributed by atoms with Gasteiger partial charge in [0.2, 0.25) is 11.8 Å². The molecule has 1 aromatic carbocycles. The average Bonchev–Trinajstić information content (AvgIpc) is 3.08. The van der Waals surface area contributed by atoms with E-state index in [0.29, 0.717) is 37.9 Å². The van der Waals surface area contributed by atoms with Crippen LogP contribution >= 0.6 is 0 Å². The summed E-state index contributed by atoms with van der Waals surface area (Å²) in [5.74, 6) is -1.10. The van der Waals surface area contributed by atoms with Crippen molar-refractivity contribution in [2.24, 2.45) is 5.92 Å². The Morgan fingerprint density at radius 3 is 2.70 bits per heavy atom. The first kappa shape index (κ1) is 19.8. The molecular weight excluding hydrogens is 347 g/mol. The van der Waals surface area contributed by atoms with Gasteiger partial charge in [0.1, 0.15) is 5.82 Å². The summed E-state index contributed by atoms with van der Waals surface area (Å²) in [6.07, 6.45) is 4.84. The zero-order chi connectivity index (χ0) is 19.4. The van der Waals surface area contributed by atoms with Crippen molar-refractivity contribution in [3.63, 3.8) is 0 Å². The molecule has 3 rings (SSSR count). The van der Waals surface area contributed by atoms with E-state index in [1.807, 2.05) is 6.92 Å². The van der Waals surface area contributed by atoms with Crippen LogP contribution in [0.5, 0.6) is 0 Å². The van der Waals surface area contributed by atoms with Gasteiger partial charge in [-0.15, -0.1) is 0 Å². The van der Waals surface area contributed by atoms with Crippen LogP contribution in [0.2, 0.25) is 0 Å². The fourth-order valence-electron chi connectivity index (χ4n) is 4.53. The molecule has 6 heteroatoms. The maximum absolute atomic E-state index is 14.5. The number of nitrogens with zero attached hydrogens (tertiary/aromatic N) is 1. The van der Waals surface area contributed by atoms with Crippen molar-refractivity contribution in [1.82, 2.24) is 10.2 Å². The number of nitrogens with one attached hydrogen (secondary N) is 1. The summed E-state index contributed by atoms with van der Waals surface area (Å²) in [6, 6.07) is 5.77. The summed E-state index contributed by atoms with van der Waals surface area (Å²) in [4.78, 5) is 26.9. The fourth-order valence-corrected chi connectivity index (χ4v) is 4.53. The standard InChI is InChI=1S/C21H29FN2O3/c1-2-24-18(25)10-9-16(19(24)15-7-3-4-8-17(15)22)20(26)23-14-13-21(27)11-5-6-12-21/h3-4,7-8,16,19,27H,2,5-6,9-14H2,1H3,(H,23,26)/t16-,19+/m1/s1. The van der Waals surface area contributed by atoms with Crippen LogP contribution < -0.4 is 5.32 Å². The van der Waals surface area contributed by atoms with E-state index >= 15 is 0 Å². The number of carbonyl (C=O) groups excluding carboxylic acids is 2. The normalized spacial score (nSPS) is 24.9. The Bertz CT molecular complexity index is 688. The number of aliphatic hydroxyl groups is 1. The first-order valence-corrected chi connectivity index (χ1v) is 9.99. The average molecular weight is 376 g/mol. The SMILES string of the molecule is CCN1C(=O)CC[C@@H](C(=O)NCCC2(O)CCCC2)[C@@H]1c1ccccc1F. The van der Waals surface area contributed by atoms with Gasteiger partial charge in [-0.3, -0.25) is 9.59 Å². The summed E-state index contributed by atoms with van der Waals surface area (Å²) >= 11 is 0. The molecule has 1 heterocycles. The Morgan fingerprint density at radius 2 is 2.04 bits per heavy atom. The van der Waals surface area contributed by atoms with Crippen LogP contribution in [0.15, 0.2) is 24.3 Å². The van der Waals surface area contributed by atoms with Crippen LogP contribution in [0.3, 0.4) is 0 Å². The van der Waals surface area contributed by atoms with E-state index in [-0.39, 0.29) is 11.8 Å². The number of likely N-dealkylation sites (tertiary alicyclic amines) is 1. The summed E-state index contributed by atoms with van der Waals surface area (Å²) in [5.41, 5.74) is -0.280. The van der Waals surface area contributed by atoms with E-state index in [4.69, 9.17) is 0 Å². The molecular formula is C21H29FN2O3. The molecule has 2 fully saturated rings. The molecule has 1 aliphatic heterocycles. The molecule has 0 aromatic heterocycles. The van der Waals surface area contributed by atoms with Crippen molar-refractivity contribution < 1.29 is 19.1 Å². The van der Waals surface area contributed by atoms with Gasteiger partial charge in [0, 0.05) is 25.1 Å². The number of halogens is 1. The lowest BCUT2D eigenvalue weighted by Crippen LogP contribution is -2.48. The van der Waals surface area contributed by atoms with Gasteiger partial charge in [0.25, 0.3) is 0 Å². The first-order valence-electron chi connectivity index (χ1n) is 9.99. The van der Waals surface area contributed by atoms with Gasteiger partial charge in [-0.05, 0) is 38.7 Å². The number of carbonyl (C=O) groups is 2.